The first-order valence-electron chi connectivity index (χ1n) is 14.9. The van der Waals surface area contributed by atoms with Gasteiger partial charge in [-0.2, -0.15) is 0 Å². The van der Waals surface area contributed by atoms with Crippen molar-refractivity contribution in [3.63, 3.8) is 0 Å². The van der Waals surface area contributed by atoms with Gasteiger partial charge in [-0.05, 0) is 69.5 Å². The number of ether oxygens (including phenoxy) is 4. The van der Waals surface area contributed by atoms with Crippen molar-refractivity contribution in [2.45, 2.75) is 25.7 Å². The predicted octanol–water partition coefficient (Wildman–Crippen LogP) is 7.47. The number of carboxylic acids is 1. The Balaban J connectivity index is 1.49. The molecule has 4 aromatic carbocycles. The summed E-state index contributed by atoms with van der Waals surface area (Å²) in [4.78, 5) is 12.6. The van der Waals surface area contributed by atoms with Gasteiger partial charge in [0.05, 0.1) is 33.0 Å². The van der Waals surface area contributed by atoms with Crippen molar-refractivity contribution < 1.29 is 28.8 Å². The zero-order chi connectivity index (χ0) is 30.2. The van der Waals surface area contributed by atoms with E-state index in [1.54, 1.807) is 13.2 Å². The summed E-state index contributed by atoms with van der Waals surface area (Å²) in [7, 11) is 1.63. The molecule has 0 heterocycles. The van der Waals surface area contributed by atoms with Gasteiger partial charge in [0.2, 0.25) is 0 Å². The molecule has 5 rings (SSSR count). The van der Waals surface area contributed by atoms with Crippen LogP contribution in [0.3, 0.4) is 0 Å². The van der Waals surface area contributed by atoms with Crippen LogP contribution in [0, 0.1) is 5.92 Å². The summed E-state index contributed by atoms with van der Waals surface area (Å²) in [6.45, 7) is 6.97. The maximum Gasteiger partial charge on any atom is 0.339 e. The number of carbonyl (C=O) groups is 1. The Hall–Kier alpha value is -3.97. The van der Waals surface area contributed by atoms with Gasteiger partial charge in [0.15, 0.2) is 0 Å². The number of fused-ring (bicyclic) bond motifs is 3. The number of aromatic carboxylic acids is 1. The molecule has 0 fully saturated rings. The number of carboxylic acid groups (broad SMARTS) is 1. The summed E-state index contributed by atoms with van der Waals surface area (Å²) in [5.74, 6) is -0.340. The van der Waals surface area contributed by atoms with Crippen LogP contribution < -0.4 is 4.74 Å². The average Bonchev–Trinajstić information content (AvgIpc) is 3.30. The Labute approximate surface area is 254 Å². The molecular formula is C37H40O6. The highest BCUT2D eigenvalue weighted by Crippen LogP contribution is 2.56. The first-order valence-corrected chi connectivity index (χ1v) is 14.9. The van der Waals surface area contributed by atoms with E-state index in [9.17, 15) is 9.90 Å². The SMILES string of the molecule is COCCOCCOCCOc1ccc(C2(CC(C)C)c3ccccc3-c3ccc(-c4ccccc4)cc32)cc1C(=O)O. The second-order valence-corrected chi connectivity index (χ2v) is 11.3. The van der Waals surface area contributed by atoms with Gasteiger partial charge in [0.25, 0.3) is 0 Å². The molecule has 43 heavy (non-hydrogen) atoms. The van der Waals surface area contributed by atoms with Crippen molar-refractivity contribution in [1.29, 1.82) is 0 Å². The highest BCUT2D eigenvalue weighted by Gasteiger charge is 2.45. The third-order valence-corrected chi connectivity index (χ3v) is 7.97. The Morgan fingerprint density at radius 3 is 2.12 bits per heavy atom. The molecule has 6 nitrogen and oxygen atoms in total. The number of benzene rings is 4. The molecule has 0 amide bonds. The lowest BCUT2D eigenvalue weighted by Crippen LogP contribution is -2.29. The lowest BCUT2D eigenvalue weighted by molar-refractivity contribution is 0.0178. The minimum absolute atomic E-state index is 0.147. The van der Waals surface area contributed by atoms with Crippen molar-refractivity contribution in [2.24, 2.45) is 5.92 Å². The van der Waals surface area contributed by atoms with Gasteiger partial charge in [-0.1, -0.05) is 86.6 Å². The Morgan fingerprint density at radius 1 is 0.721 bits per heavy atom. The number of hydrogen-bond acceptors (Lipinski definition) is 5. The third kappa shape index (κ3) is 6.52. The van der Waals surface area contributed by atoms with Gasteiger partial charge < -0.3 is 24.1 Å². The summed E-state index contributed by atoms with van der Waals surface area (Å²) in [6.07, 6.45) is 0.828. The molecule has 6 heteroatoms. The number of methoxy groups -OCH3 is 1. The van der Waals surface area contributed by atoms with E-state index in [2.05, 4.69) is 80.6 Å². The smallest absolute Gasteiger partial charge is 0.339 e. The molecule has 0 aliphatic heterocycles. The molecule has 4 aromatic rings. The molecule has 0 saturated heterocycles. The third-order valence-electron chi connectivity index (χ3n) is 7.97. The first kappa shape index (κ1) is 30.5. The summed E-state index contributed by atoms with van der Waals surface area (Å²) < 4.78 is 21.9. The van der Waals surface area contributed by atoms with E-state index >= 15 is 0 Å². The van der Waals surface area contributed by atoms with Gasteiger partial charge in [-0.25, -0.2) is 4.79 Å². The topological polar surface area (TPSA) is 74.2 Å². The average molecular weight is 581 g/mol. The van der Waals surface area contributed by atoms with Gasteiger partial charge in [-0.15, -0.1) is 0 Å². The van der Waals surface area contributed by atoms with Gasteiger partial charge in [0.1, 0.15) is 17.9 Å². The van der Waals surface area contributed by atoms with Crippen molar-refractivity contribution in [1.82, 2.24) is 0 Å². The molecule has 0 spiro atoms. The zero-order valence-electron chi connectivity index (χ0n) is 25.2. The highest BCUT2D eigenvalue weighted by atomic mass is 16.6. The van der Waals surface area contributed by atoms with Crippen LogP contribution in [0.15, 0.2) is 91.0 Å². The van der Waals surface area contributed by atoms with Gasteiger partial charge in [0, 0.05) is 12.5 Å². The van der Waals surface area contributed by atoms with Crippen LogP contribution in [0.2, 0.25) is 0 Å². The molecule has 0 radical (unpaired) electrons. The van der Waals surface area contributed by atoms with Gasteiger partial charge in [-0.3, -0.25) is 0 Å². The summed E-state index contributed by atoms with van der Waals surface area (Å²) in [5.41, 5.74) is 7.67. The van der Waals surface area contributed by atoms with E-state index in [4.69, 9.17) is 18.9 Å². The van der Waals surface area contributed by atoms with Crippen molar-refractivity contribution in [2.75, 3.05) is 46.8 Å². The minimum Gasteiger partial charge on any atom is -0.490 e. The second kappa shape index (κ2) is 14.0. The fourth-order valence-corrected chi connectivity index (χ4v) is 6.20. The van der Waals surface area contributed by atoms with Crippen LogP contribution in [-0.4, -0.2) is 57.8 Å². The molecular weight excluding hydrogens is 540 g/mol. The molecule has 1 N–H and O–H groups in total. The lowest BCUT2D eigenvalue weighted by atomic mass is 9.67. The fraction of sp³-hybridized carbons (Fsp3) is 0.324. The molecule has 1 unspecified atom stereocenters. The normalized spacial score (nSPS) is 15.3. The molecule has 0 bridgehead atoms. The van der Waals surface area contributed by atoms with E-state index in [1.807, 2.05) is 18.2 Å². The van der Waals surface area contributed by atoms with Crippen LogP contribution in [0.4, 0.5) is 0 Å². The molecule has 1 atom stereocenters. The van der Waals surface area contributed by atoms with Crippen LogP contribution >= 0.6 is 0 Å². The zero-order valence-corrected chi connectivity index (χ0v) is 25.2. The monoisotopic (exact) mass is 580 g/mol. The van der Waals surface area contributed by atoms with E-state index in [0.717, 1.165) is 23.1 Å². The van der Waals surface area contributed by atoms with Crippen LogP contribution in [0.25, 0.3) is 22.3 Å². The standard InChI is InChI=1S/C37H40O6/c1-26(2)25-37(29-14-16-35(32(24-29)36(38)39)43-22-21-42-20-19-41-18-17-40-3)33-12-8-7-11-30(33)31-15-13-28(23-34(31)37)27-9-5-4-6-10-27/h4-16,23-24,26H,17-22,25H2,1-3H3,(H,38,39). The maximum atomic E-state index is 12.6. The Bertz CT molecular complexity index is 1530. The van der Waals surface area contributed by atoms with Crippen LogP contribution in [0.5, 0.6) is 5.75 Å². The molecule has 1 aliphatic carbocycles. The first-order chi connectivity index (χ1) is 21.0. The number of hydrogen-bond donors (Lipinski definition) is 1. The maximum absolute atomic E-state index is 12.6. The summed E-state index contributed by atoms with van der Waals surface area (Å²) >= 11 is 0. The molecule has 1 aliphatic rings. The van der Waals surface area contributed by atoms with Crippen LogP contribution in [-0.2, 0) is 19.6 Å². The van der Waals surface area contributed by atoms with Crippen LogP contribution in [0.1, 0.15) is 47.3 Å². The van der Waals surface area contributed by atoms with E-state index in [-0.39, 0.29) is 12.2 Å². The molecule has 0 saturated carbocycles. The van der Waals surface area contributed by atoms with Crippen molar-refractivity contribution >= 4 is 5.97 Å². The quantitative estimate of drug-likeness (QED) is 0.147. The van der Waals surface area contributed by atoms with Crippen molar-refractivity contribution in [3.8, 4) is 28.0 Å². The fourth-order valence-electron chi connectivity index (χ4n) is 6.20. The van der Waals surface area contributed by atoms with Crippen molar-refractivity contribution in [3.05, 3.63) is 113 Å². The highest BCUT2D eigenvalue weighted by molar-refractivity contribution is 5.92. The van der Waals surface area contributed by atoms with Gasteiger partial charge >= 0.3 is 5.97 Å². The molecule has 224 valence electrons. The van der Waals surface area contributed by atoms with E-state index < -0.39 is 11.4 Å². The minimum atomic E-state index is -1.02. The Kier molecular flexibility index (Phi) is 9.93. The summed E-state index contributed by atoms with van der Waals surface area (Å²) in [5, 5.41) is 10.3. The predicted molar refractivity (Wildman–Crippen MR) is 169 cm³/mol. The van der Waals surface area contributed by atoms with E-state index in [0.29, 0.717) is 44.7 Å². The Morgan fingerprint density at radius 2 is 1.40 bits per heavy atom. The number of rotatable bonds is 15. The largest absolute Gasteiger partial charge is 0.490 e. The second-order valence-electron chi connectivity index (χ2n) is 11.3. The lowest BCUT2D eigenvalue weighted by Gasteiger charge is -2.35. The summed E-state index contributed by atoms with van der Waals surface area (Å²) in [6, 6.07) is 31.3. The molecule has 0 aromatic heterocycles. The van der Waals surface area contributed by atoms with E-state index in [1.165, 1.54) is 22.3 Å².